The fourth-order valence-corrected chi connectivity index (χ4v) is 1.51. The molecule has 15 heavy (non-hydrogen) atoms. The fraction of sp³-hybridized carbons (Fsp3) is 0.300. The predicted octanol–water partition coefficient (Wildman–Crippen LogP) is 2.48. The van der Waals surface area contributed by atoms with Gasteiger partial charge < -0.3 is 0 Å². The van der Waals surface area contributed by atoms with Gasteiger partial charge in [-0.25, -0.2) is 18.8 Å². The summed E-state index contributed by atoms with van der Waals surface area (Å²) in [5, 5.41) is 0. The number of aromatic nitrogens is 1. The van der Waals surface area contributed by atoms with Gasteiger partial charge in [-0.3, -0.25) is 4.79 Å². The monoisotopic (exact) mass is 210 g/mol. The van der Waals surface area contributed by atoms with Crippen molar-refractivity contribution in [1.29, 1.82) is 0 Å². The van der Waals surface area contributed by atoms with E-state index in [-0.39, 0.29) is 11.3 Å². The topological polar surface area (TPSA) is 42.3 Å². The Morgan fingerprint density at radius 1 is 1.47 bits per heavy atom. The Kier molecular flexibility index (Phi) is 2.53. The van der Waals surface area contributed by atoms with Gasteiger partial charge in [0.15, 0.2) is 12.1 Å². The lowest BCUT2D eigenvalue weighted by atomic mass is 10.0. The SMILES string of the molecule is O=Cc1nc2c(cc1C(F)F)CCC=N2. The quantitative estimate of drug-likeness (QED) is 0.703. The van der Waals surface area contributed by atoms with Crippen molar-refractivity contribution in [3.8, 4) is 0 Å². The molecule has 0 aliphatic carbocycles. The summed E-state index contributed by atoms with van der Waals surface area (Å²) in [6.45, 7) is 0. The zero-order valence-electron chi connectivity index (χ0n) is 7.78. The summed E-state index contributed by atoms with van der Waals surface area (Å²) in [5.74, 6) is 0.382. The first-order valence-corrected chi connectivity index (χ1v) is 4.52. The van der Waals surface area contributed by atoms with Crippen LogP contribution in [0.4, 0.5) is 14.6 Å². The van der Waals surface area contributed by atoms with E-state index in [1.165, 1.54) is 6.07 Å². The van der Waals surface area contributed by atoms with Crippen LogP contribution >= 0.6 is 0 Å². The minimum Gasteiger partial charge on any atom is -0.296 e. The van der Waals surface area contributed by atoms with Gasteiger partial charge in [-0.05, 0) is 24.5 Å². The fourth-order valence-electron chi connectivity index (χ4n) is 1.51. The van der Waals surface area contributed by atoms with Crippen LogP contribution in [0.25, 0.3) is 0 Å². The van der Waals surface area contributed by atoms with Gasteiger partial charge in [0.05, 0.1) is 0 Å². The summed E-state index contributed by atoms with van der Waals surface area (Å²) in [4.78, 5) is 18.3. The van der Waals surface area contributed by atoms with Crippen LogP contribution in [0, 0.1) is 0 Å². The number of hydrogen-bond acceptors (Lipinski definition) is 3. The Hall–Kier alpha value is -1.65. The smallest absolute Gasteiger partial charge is 0.266 e. The number of carbonyl (C=O) groups is 1. The van der Waals surface area contributed by atoms with Crippen molar-refractivity contribution in [2.24, 2.45) is 4.99 Å². The van der Waals surface area contributed by atoms with Crippen LogP contribution < -0.4 is 0 Å². The Balaban J connectivity index is 2.57. The number of alkyl halides is 2. The third kappa shape index (κ3) is 1.77. The standard InChI is InChI=1S/C10H8F2N2O/c11-9(12)7-4-6-2-1-3-13-10(6)14-8(7)5-15/h3-5,9H,1-2H2. The zero-order chi connectivity index (χ0) is 10.8. The lowest BCUT2D eigenvalue weighted by Gasteiger charge is -2.11. The molecule has 0 unspecified atom stereocenters. The van der Waals surface area contributed by atoms with E-state index in [1.54, 1.807) is 6.21 Å². The first-order chi connectivity index (χ1) is 7.22. The highest BCUT2D eigenvalue weighted by molar-refractivity contribution is 5.77. The largest absolute Gasteiger partial charge is 0.296 e. The second-order valence-electron chi connectivity index (χ2n) is 3.21. The van der Waals surface area contributed by atoms with Gasteiger partial charge in [0, 0.05) is 11.8 Å². The minimum atomic E-state index is -2.67. The maximum atomic E-state index is 12.5. The Bertz CT molecular complexity index is 430. The van der Waals surface area contributed by atoms with Crippen LogP contribution in [-0.2, 0) is 6.42 Å². The number of hydrogen-bond donors (Lipinski definition) is 0. The number of aryl methyl sites for hydroxylation is 1. The first kappa shape index (κ1) is 9.89. The van der Waals surface area contributed by atoms with E-state index < -0.39 is 6.43 Å². The minimum absolute atomic E-state index is 0.220. The second kappa shape index (κ2) is 3.84. The highest BCUT2D eigenvalue weighted by Crippen LogP contribution is 2.28. The number of pyridine rings is 1. The van der Waals surface area contributed by atoms with E-state index in [2.05, 4.69) is 9.98 Å². The molecule has 0 aromatic carbocycles. The van der Waals surface area contributed by atoms with Gasteiger partial charge in [0.2, 0.25) is 0 Å². The van der Waals surface area contributed by atoms with Gasteiger partial charge in [-0.15, -0.1) is 0 Å². The van der Waals surface area contributed by atoms with Crippen molar-refractivity contribution in [3.63, 3.8) is 0 Å². The summed E-state index contributed by atoms with van der Waals surface area (Å²) in [6.07, 6.45) is 0.703. The van der Waals surface area contributed by atoms with E-state index in [1.807, 2.05) is 0 Å². The molecule has 78 valence electrons. The third-order valence-corrected chi connectivity index (χ3v) is 2.24. The molecule has 0 bridgehead atoms. The van der Waals surface area contributed by atoms with E-state index in [9.17, 15) is 13.6 Å². The average molecular weight is 210 g/mol. The number of halogens is 2. The molecule has 0 amide bonds. The van der Waals surface area contributed by atoms with Gasteiger partial charge in [0.25, 0.3) is 6.43 Å². The normalized spacial score (nSPS) is 14.1. The average Bonchev–Trinajstić information content (AvgIpc) is 2.27. The van der Waals surface area contributed by atoms with Crippen molar-refractivity contribution in [2.45, 2.75) is 19.3 Å². The maximum Gasteiger partial charge on any atom is 0.266 e. The molecule has 0 saturated heterocycles. The number of nitrogens with zero attached hydrogens (tertiary/aromatic N) is 2. The van der Waals surface area contributed by atoms with Gasteiger partial charge in [0.1, 0.15) is 5.69 Å². The molecule has 0 fully saturated rings. The molecule has 2 heterocycles. The molecule has 3 nitrogen and oxygen atoms in total. The lowest BCUT2D eigenvalue weighted by molar-refractivity contribution is 0.110. The highest BCUT2D eigenvalue weighted by Gasteiger charge is 2.18. The molecule has 1 aromatic rings. The van der Waals surface area contributed by atoms with Crippen molar-refractivity contribution in [2.75, 3.05) is 0 Å². The van der Waals surface area contributed by atoms with Crippen LogP contribution in [0.1, 0.15) is 34.5 Å². The lowest BCUT2D eigenvalue weighted by Crippen LogP contribution is -2.03. The van der Waals surface area contributed by atoms with E-state index in [0.29, 0.717) is 24.1 Å². The molecule has 1 aliphatic rings. The Morgan fingerprint density at radius 3 is 2.93 bits per heavy atom. The van der Waals surface area contributed by atoms with Crippen LogP contribution in [0.15, 0.2) is 11.1 Å². The summed E-state index contributed by atoms with van der Waals surface area (Å²) in [5.41, 5.74) is 0.155. The number of carbonyl (C=O) groups excluding carboxylic acids is 1. The van der Waals surface area contributed by atoms with E-state index in [0.717, 1.165) is 6.42 Å². The van der Waals surface area contributed by atoms with Gasteiger partial charge >= 0.3 is 0 Å². The number of aliphatic imine (C=N–C) groups is 1. The maximum absolute atomic E-state index is 12.5. The molecule has 0 radical (unpaired) electrons. The molecule has 1 aromatic heterocycles. The molecular formula is C10H8F2N2O. The summed E-state index contributed by atoms with van der Waals surface area (Å²) < 4.78 is 25.1. The summed E-state index contributed by atoms with van der Waals surface area (Å²) in [6, 6.07) is 1.33. The first-order valence-electron chi connectivity index (χ1n) is 4.52. The molecule has 5 heteroatoms. The van der Waals surface area contributed by atoms with Crippen LogP contribution in [0.5, 0.6) is 0 Å². The molecular weight excluding hydrogens is 202 g/mol. The van der Waals surface area contributed by atoms with Crippen molar-refractivity contribution < 1.29 is 13.6 Å². The number of rotatable bonds is 2. The van der Waals surface area contributed by atoms with Crippen molar-refractivity contribution in [3.05, 3.63) is 22.9 Å². The molecule has 2 rings (SSSR count). The van der Waals surface area contributed by atoms with Crippen LogP contribution in [0.2, 0.25) is 0 Å². The number of fused-ring (bicyclic) bond motifs is 1. The summed E-state index contributed by atoms with van der Waals surface area (Å²) >= 11 is 0. The molecule has 0 saturated carbocycles. The summed E-state index contributed by atoms with van der Waals surface area (Å²) in [7, 11) is 0. The van der Waals surface area contributed by atoms with E-state index >= 15 is 0 Å². The third-order valence-electron chi connectivity index (χ3n) is 2.24. The van der Waals surface area contributed by atoms with Crippen molar-refractivity contribution >= 4 is 18.3 Å². The Labute approximate surface area is 84.9 Å². The molecule has 0 spiro atoms. The van der Waals surface area contributed by atoms with Crippen LogP contribution in [0.3, 0.4) is 0 Å². The second-order valence-corrected chi connectivity index (χ2v) is 3.21. The molecule has 0 N–H and O–H groups in total. The van der Waals surface area contributed by atoms with Crippen molar-refractivity contribution in [1.82, 2.24) is 4.98 Å². The molecule has 0 atom stereocenters. The van der Waals surface area contributed by atoms with E-state index in [4.69, 9.17) is 0 Å². The predicted molar refractivity (Wildman–Crippen MR) is 51.1 cm³/mol. The highest BCUT2D eigenvalue weighted by atomic mass is 19.3. The zero-order valence-corrected chi connectivity index (χ0v) is 7.78. The Morgan fingerprint density at radius 2 is 2.27 bits per heavy atom. The number of aldehydes is 1. The molecule has 1 aliphatic heterocycles. The van der Waals surface area contributed by atoms with Gasteiger partial charge in [-0.1, -0.05) is 0 Å². The van der Waals surface area contributed by atoms with Gasteiger partial charge in [-0.2, -0.15) is 0 Å². The van der Waals surface area contributed by atoms with Crippen LogP contribution in [-0.4, -0.2) is 17.5 Å².